The van der Waals surface area contributed by atoms with Crippen LogP contribution in [0.2, 0.25) is 0 Å². The fourth-order valence-corrected chi connectivity index (χ4v) is 1.48. The molecule has 0 aliphatic heterocycles. The van der Waals surface area contributed by atoms with E-state index in [1.54, 1.807) is 30.3 Å². The fourth-order valence-electron chi connectivity index (χ4n) is 1.48. The summed E-state index contributed by atoms with van der Waals surface area (Å²) in [5, 5.41) is 19.3. The van der Waals surface area contributed by atoms with E-state index in [1.807, 2.05) is 6.07 Å². The number of benzene rings is 2. The number of hydrogen-bond acceptors (Lipinski definition) is 3. The van der Waals surface area contributed by atoms with E-state index in [4.69, 9.17) is 5.26 Å². The van der Waals surface area contributed by atoms with Gasteiger partial charge in [0.1, 0.15) is 0 Å². The van der Waals surface area contributed by atoms with Gasteiger partial charge >= 0.3 is 0 Å². The van der Waals surface area contributed by atoms with Crippen molar-refractivity contribution in [2.45, 2.75) is 0 Å². The number of nitro benzene ring substituents is 1. The SMILES string of the molecule is N#Cc1ccc(-c2cc[c]c([N+](=O)[O-])c2)cc1. The molecule has 4 heteroatoms. The summed E-state index contributed by atoms with van der Waals surface area (Å²) in [6.45, 7) is 0. The second-order valence-electron chi connectivity index (χ2n) is 3.41. The Kier molecular flexibility index (Phi) is 2.84. The van der Waals surface area contributed by atoms with Crippen LogP contribution in [0.15, 0.2) is 42.5 Å². The second kappa shape index (κ2) is 4.45. The number of hydrogen-bond donors (Lipinski definition) is 0. The molecule has 0 spiro atoms. The van der Waals surface area contributed by atoms with Crippen LogP contribution in [0.3, 0.4) is 0 Å². The van der Waals surface area contributed by atoms with Crippen molar-refractivity contribution in [3.63, 3.8) is 0 Å². The van der Waals surface area contributed by atoms with Crippen LogP contribution in [-0.4, -0.2) is 4.92 Å². The summed E-state index contributed by atoms with van der Waals surface area (Å²) in [4.78, 5) is 10.1. The Labute approximate surface area is 97.9 Å². The zero-order valence-electron chi connectivity index (χ0n) is 8.75. The molecule has 0 atom stereocenters. The monoisotopic (exact) mass is 223 g/mol. The zero-order chi connectivity index (χ0) is 12.3. The summed E-state index contributed by atoms with van der Waals surface area (Å²) in [6.07, 6.45) is 0. The van der Waals surface area contributed by atoms with Crippen molar-refractivity contribution in [3.05, 3.63) is 64.2 Å². The molecule has 0 bridgehead atoms. The number of nitro groups is 1. The van der Waals surface area contributed by atoms with Crippen molar-refractivity contribution in [1.82, 2.24) is 0 Å². The lowest BCUT2D eigenvalue weighted by molar-refractivity contribution is -0.385. The third-order valence-electron chi connectivity index (χ3n) is 2.33. The molecular weight excluding hydrogens is 216 g/mol. The minimum atomic E-state index is -0.479. The molecule has 0 heterocycles. The van der Waals surface area contributed by atoms with Crippen LogP contribution in [0.25, 0.3) is 11.1 Å². The molecule has 0 unspecified atom stereocenters. The second-order valence-corrected chi connectivity index (χ2v) is 3.41. The average Bonchev–Trinajstić information content (AvgIpc) is 2.39. The lowest BCUT2D eigenvalue weighted by Gasteiger charge is -2.01. The molecule has 0 saturated heterocycles. The molecule has 0 N–H and O–H groups in total. The maximum absolute atomic E-state index is 10.6. The Morgan fingerprint density at radius 2 is 1.88 bits per heavy atom. The number of non-ortho nitro benzene ring substituents is 1. The minimum absolute atomic E-state index is 0.0631. The van der Waals surface area contributed by atoms with Crippen LogP contribution >= 0.6 is 0 Å². The molecule has 0 amide bonds. The number of rotatable bonds is 2. The summed E-state index contributed by atoms with van der Waals surface area (Å²) >= 11 is 0. The first-order valence-corrected chi connectivity index (χ1v) is 4.87. The van der Waals surface area contributed by atoms with E-state index in [-0.39, 0.29) is 5.69 Å². The largest absolute Gasteiger partial charge is 0.278 e. The van der Waals surface area contributed by atoms with Crippen LogP contribution in [0.4, 0.5) is 5.69 Å². The van der Waals surface area contributed by atoms with Gasteiger partial charge in [0.2, 0.25) is 0 Å². The van der Waals surface area contributed by atoms with Gasteiger partial charge in [-0.15, -0.1) is 0 Å². The van der Waals surface area contributed by atoms with Gasteiger partial charge in [0, 0.05) is 6.07 Å². The Bertz CT molecular complexity index is 598. The lowest BCUT2D eigenvalue weighted by Crippen LogP contribution is -1.88. The zero-order valence-corrected chi connectivity index (χ0v) is 8.75. The van der Waals surface area contributed by atoms with Crippen molar-refractivity contribution < 1.29 is 4.92 Å². The van der Waals surface area contributed by atoms with E-state index >= 15 is 0 Å². The first kappa shape index (κ1) is 10.8. The first-order chi connectivity index (χ1) is 8.20. The van der Waals surface area contributed by atoms with Crippen LogP contribution in [0, 0.1) is 27.5 Å². The highest BCUT2D eigenvalue weighted by atomic mass is 16.6. The maximum atomic E-state index is 10.6. The summed E-state index contributed by atoms with van der Waals surface area (Å²) in [5.74, 6) is 0. The highest BCUT2D eigenvalue weighted by Crippen LogP contribution is 2.23. The summed E-state index contributed by atoms with van der Waals surface area (Å²) in [6, 6.07) is 16.2. The Morgan fingerprint density at radius 1 is 1.18 bits per heavy atom. The van der Waals surface area contributed by atoms with Crippen LogP contribution in [0.1, 0.15) is 5.56 Å². The van der Waals surface area contributed by atoms with Crippen molar-refractivity contribution in [3.8, 4) is 17.2 Å². The van der Waals surface area contributed by atoms with E-state index in [0.717, 1.165) is 11.1 Å². The molecule has 2 aromatic carbocycles. The fraction of sp³-hybridized carbons (Fsp3) is 0. The lowest BCUT2D eigenvalue weighted by atomic mass is 10.0. The number of nitrogens with zero attached hydrogens (tertiary/aromatic N) is 2. The van der Waals surface area contributed by atoms with Gasteiger partial charge in [0.25, 0.3) is 5.69 Å². The summed E-state index contributed by atoms with van der Waals surface area (Å²) < 4.78 is 0. The van der Waals surface area contributed by atoms with Crippen LogP contribution in [-0.2, 0) is 0 Å². The highest BCUT2D eigenvalue weighted by molar-refractivity contribution is 5.66. The van der Waals surface area contributed by atoms with Gasteiger partial charge in [0.15, 0.2) is 0 Å². The molecule has 81 valence electrons. The predicted molar refractivity (Wildman–Crippen MR) is 62.1 cm³/mol. The Balaban J connectivity index is 2.42. The van der Waals surface area contributed by atoms with Gasteiger partial charge in [-0.25, -0.2) is 0 Å². The molecule has 4 nitrogen and oxygen atoms in total. The molecule has 1 radical (unpaired) electrons. The van der Waals surface area contributed by atoms with Gasteiger partial charge in [-0.1, -0.05) is 18.2 Å². The van der Waals surface area contributed by atoms with Crippen molar-refractivity contribution >= 4 is 5.69 Å². The van der Waals surface area contributed by atoms with Crippen LogP contribution < -0.4 is 0 Å². The summed E-state index contributed by atoms with van der Waals surface area (Å²) in [7, 11) is 0. The molecule has 17 heavy (non-hydrogen) atoms. The van der Waals surface area contributed by atoms with Gasteiger partial charge in [-0.2, -0.15) is 5.26 Å². The van der Waals surface area contributed by atoms with E-state index in [9.17, 15) is 10.1 Å². The molecule has 0 saturated carbocycles. The van der Waals surface area contributed by atoms with Gasteiger partial charge in [0.05, 0.1) is 22.6 Å². The Hall–Kier alpha value is -2.67. The molecular formula is C13H7N2O2. The normalized spacial score (nSPS) is 9.59. The van der Waals surface area contributed by atoms with Gasteiger partial charge < -0.3 is 0 Å². The molecule has 2 rings (SSSR count). The maximum Gasteiger partial charge on any atom is 0.278 e. The third kappa shape index (κ3) is 2.29. The third-order valence-corrected chi connectivity index (χ3v) is 2.33. The van der Waals surface area contributed by atoms with Gasteiger partial charge in [-0.05, 0) is 29.3 Å². The van der Waals surface area contributed by atoms with Crippen molar-refractivity contribution in [2.75, 3.05) is 0 Å². The standard InChI is InChI=1S/C13H7N2O2/c14-9-10-4-6-11(7-5-10)12-2-1-3-13(8-12)15(16)17/h1-2,4-8H. The smallest absolute Gasteiger partial charge is 0.258 e. The van der Waals surface area contributed by atoms with Crippen LogP contribution in [0.5, 0.6) is 0 Å². The molecule has 0 aliphatic carbocycles. The Morgan fingerprint density at radius 3 is 2.47 bits per heavy atom. The van der Waals surface area contributed by atoms with Gasteiger partial charge in [-0.3, -0.25) is 10.1 Å². The first-order valence-electron chi connectivity index (χ1n) is 4.87. The average molecular weight is 223 g/mol. The molecule has 0 aromatic heterocycles. The van der Waals surface area contributed by atoms with E-state index in [2.05, 4.69) is 6.07 Å². The topological polar surface area (TPSA) is 66.9 Å². The number of nitriles is 1. The quantitative estimate of drug-likeness (QED) is 0.580. The minimum Gasteiger partial charge on any atom is -0.258 e. The van der Waals surface area contributed by atoms with Crippen molar-refractivity contribution in [1.29, 1.82) is 5.26 Å². The van der Waals surface area contributed by atoms with E-state index in [0.29, 0.717) is 5.56 Å². The summed E-state index contributed by atoms with van der Waals surface area (Å²) in [5.41, 5.74) is 2.07. The van der Waals surface area contributed by atoms with E-state index < -0.39 is 4.92 Å². The predicted octanol–water partition coefficient (Wildman–Crippen LogP) is 2.93. The molecule has 2 aromatic rings. The highest BCUT2D eigenvalue weighted by Gasteiger charge is 2.07. The molecule has 0 aliphatic rings. The molecule has 0 fully saturated rings. The van der Waals surface area contributed by atoms with E-state index in [1.165, 1.54) is 12.1 Å². The van der Waals surface area contributed by atoms with Crippen molar-refractivity contribution in [2.24, 2.45) is 0 Å².